The Hall–Kier alpha value is -1.96. The lowest BCUT2D eigenvalue weighted by atomic mass is 10.2. The topological polar surface area (TPSA) is 92.9 Å². The summed E-state index contributed by atoms with van der Waals surface area (Å²) in [5.74, 6) is 0. The van der Waals surface area contributed by atoms with Gasteiger partial charge in [-0.2, -0.15) is 17.9 Å². The van der Waals surface area contributed by atoms with Crippen LogP contribution >= 0.6 is 0 Å². The molecule has 0 amide bonds. The van der Waals surface area contributed by atoms with E-state index in [0.29, 0.717) is 12.8 Å². The van der Waals surface area contributed by atoms with Crippen molar-refractivity contribution in [2.75, 3.05) is 0 Å². The average Bonchev–Trinajstić information content (AvgIpc) is 2.87. The highest BCUT2D eigenvalue weighted by Gasteiger charge is 2.31. The van der Waals surface area contributed by atoms with Gasteiger partial charge in [0.05, 0.1) is 15.9 Å². The number of nitro groups is 1. The van der Waals surface area contributed by atoms with E-state index in [1.54, 1.807) is 6.21 Å². The third-order valence-corrected chi connectivity index (χ3v) is 4.70. The Morgan fingerprint density at radius 1 is 1.42 bits per heavy atom. The second-order valence-electron chi connectivity index (χ2n) is 4.12. The highest BCUT2D eigenvalue weighted by Crippen LogP contribution is 2.25. The molecule has 0 fully saturated rings. The molecule has 7 nitrogen and oxygen atoms in total. The summed E-state index contributed by atoms with van der Waals surface area (Å²) >= 11 is 0. The lowest BCUT2D eigenvalue weighted by Crippen LogP contribution is -2.32. The van der Waals surface area contributed by atoms with Crippen LogP contribution in [-0.2, 0) is 10.0 Å². The van der Waals surface area contributed by atoms with Crippen LogP contribution in [0.15, 0.2) is 34.3 Å². The summed E-state index contributed by atoms with van der Waals surface area (Å²) in [5.41, 5.74) is -0.143. The van der Waals surface area contributed by atoms with Crippen LogP contribution < -0.4 is 0 Å². The SMILES string of the molecule is CC[C@@H]1CC=NN1S(=O)(=O)c1ccc([N+](=O)[O-])cc1. The molecule has 8 heteroatoms. The van der Waals surface area contributed by atoms with Crippen molar-refractivity contribution in [2.24, 2.45) is 5.10 Å². The Morgan fingerprint density at radius 2 is 2.05 bits per heavy atom. The average molecular weight is 283 g/mol. The predicted molar refractivity (Wildman–Crippen MR) is 69.3 cm³/mol. The maximum Gasteiger partial charge on any atom is 0.279 e. The molecule has 1 heterocycles. The standard InChI is InChI=1S/C11H13N3O4S/c1-2-9-7-8-12-13(9)19(17,18)11-5-3-10(4-6-11)14(15)16/h3-6,8-9H,2,7H2,1H3/t9-/m1/s1. The number of hydrogen-bond donors (Lipinski definition) is 0. The molecule has 19 heavy (non-hydrogen) atoms. The van der Waals surface area contributed by atoms with E-state index >= 15 is 0 Å². The molecule has 0 N–H and O–H groups in total. The van der Waals surface area contributed by atoms with E-state index in [4.69, 9.17) is 0 Å². The van der Waals surface area contributed by atoms with Crippen LogP contribution in [0.5, 0.6) is 0 Å². The Labute approximate surface area is 110 Å². The second kappa shape index (κ2) is 4.96. The van der Waals surface area contributed by atoms with Crippen LogP contribution in [0, 0.1) is 10.1 Å². The molecule has 1 atom stereocenters. The zero-order valence-electron chi connectivity index (χ0n) is 10.3. The molecular formula is C11H13N3O4S. The molecule has 0 saturated heterocycles. The van der Waals surface area contributed by atoms with Crippen LogP contribution in [0.1, 0.15) is 19.8 Å². The fourth-order valence-electron chi connectivity index (χ4n) is 1.86. The zero-order chi connectivity index (χ0) is 14.0. The van der Waals surface area contributed by atoms with Crippen molar-refractivity contribution in [3.05, 3.63) is 34.4 Å². The zero-order valence-corrected chi connectivity index (χ0v) is 11.1. The summed E-state index contributed by atoms with van der Waals surface area (Å²) in [6.45, 7) is 1.89. The van der Waals surface area contributed by atoms with E-state index in [9.17, 15) is 18.5 Å². The van der Waals surface area contributed by atoms with Gasteiger partial charge in [0, 0.05) is 24.8 Å². The molecule has 1 aliphatic heterocycles. The highest BCUT2D eigenvalue weighted by molar-refractivity contribution is 7.89. The fourth-order valence-corrected chi connectivity index (χ4v) is 3.38. The minimum Gasteiger partial charge on any atom is -0.258 e. The van der Waals surface area contributed by atoms with E-state index in [1.807, 2.05) is 6.92 Å². The van der Waals surface area contributed by atoms with Gasteiger partial charge in [-0.05, 0) is 18.6 Å². The summed E-state index contributed by atoms with van der Waals surface area (Å²) in [5, 5.41) is 14.4. The molecule has 0 spiro atoms. The van der Waals surface area contributed by atoms with Gasteiger partial charge in [0.25, 0.3) is 15.7 Å². The third kappa shape index (κ3) is 2.43. The number of nitrogens with zero attached hydrogens (tertiary/aromatic N) is 3. The normalized spacial score (nSPS) is 18.8. The van der Waals surface area contributed by atoms with E-state index in [-0.39, 0.29) is 16.6 Å². The van der Waals surface area contributed by atoms with Crippen molar-refractivity contribution in [3.8, 4) is 0 Å². The summed E-state index contributed by atoms with van der Waals surface area (Å²) in [7, 11) is -3.73. The van der Waals surface area contributed by atoms with E-state index in [2.05, 4.69) is 5.10 Å². The van der Waals surface area contributed by atoms with Crippen LogP contribution in [0.25, 0.3) is 0 Å². The fraction of sp³-hybridized carbons (Fsp3) is 0.364. The summed E-state index contributed by atoms with van der Waals surface area (Å²) in [6, 6.07) is 4.63. The van der Waals surface area contributed by atoms with Gasteiger partial charge in [0.1, 0.15) is 0 Å². The molecular weight excluding hydrogens is 270 g/mol. The first kappa shape index (κ1) is 13.5. The smallest absolute Gasteiger partial charge is 0.258 e. The van der Waals surface area contributed by atoms with Crippen molar-refractivity contribution in [1.29, 1.82) is 0 Å². The first-order valence-electron chi connectivity index (χ1n) is 5.78. The van der Waals surface area contributed by atoms with Gasteiger partial charge in [0.2, 0.25) is 0 Å². The molecule has 1 aliphatic rings. The van der Waals surface area contributed by atoms with Crippen LogP contribution in [0.2, 0.25) is 0 Å². The minimum atomic E-state index is -3.73. The molecule has 1 aromatic rings. The van der Waals surface area contributed by atoms with Crippen LogP contribution in [0.4, 0.5) is 5.69 Å². The van der Waals surface area contributed by atoms with Gasteiger partial charge in [-0.3, -0.25) is 10.1 Å². The van der Waals surface area contributed by atoms with E-state index in [0.717, 1.165) is 4.41 Å². The molecule has 0 radical (unpaired) electrons. The van der Waals surface area contributed by atoms with Crippen LogP contribution in [0.3, 0.4) is 0 Å². The molecule has 2 rings (SSSR count). The molecule has 0 aliphatic carbocycles. The molecule has 102 valence electrons. The van der Waals surface area contributed by atoms with Gasteiger partial charge >= 0.3 is 0 Å². The van der Waals surface area contributed by atoms with E-state index in [1.165, 1.54) is 24.3 Å². The number of rotatable bonds is 4. The largest absolute Gasteiger partial charge is 0.279 e. The Kier molecular flexibility index (Phi) is 3.52. The van der Waals surface area contributed by atoms with Gasteiger partial charge < -0.3 is 0 Å². The highest BCUT2D eigenvalue weighted by atomic mass is 32.2. The number of hydrogen-bond acceptors (Lipinski definition) is 5. The quantitative estimate of drug-likeness (QED) is 0.621. The van der Waals surface area contributed by atoms with Gasteiger partial charge in [-0.15, -0.1) is 0 Å². The summed E-state index contributed by atoms with van der Waals surface area (Å²) < 4.78 is 25.7. The van der Waals surface area contributed by atoms with Gasteiger partial charge in [-0.1, -0.05) is 6.92 Å². The lowest BCUT2D eigenvalue weighted by Gasteiger charge is -2.21. The van der Waals surface area contributed by atoms with Crippen LogP contribution in [-0.4, -0.2) is 30.0 Å². The maximum atomic E-state index is 12.3. The summed E-state index contributed by atoms with van der Waals surface area (Å²) in [6.07, 6.45) is 2.81. The minimum absolute atomic E-state index is 0.00981. The molecule has 0 saturated carbocycles. The molecule has 0 bridgehead atoms. The lowest BCUT2D eigenvalue weighted by molar-refractivity contribution is -0.384. The van der Waals surface area contributed by atoms with Crippen molar-refractivity contribution in [1.82, 2.24) is 4.41 Å². The van der Waals surface area contributed by atoms with Gasteiger partial charge in [-0.25, -0.2) is 0 Å². The monoisotopic (exact) mass is 283 g/mol. The molecule has 0 aromatic heterocycles. The van der Waals surface area contributed by atoms with Gasteiger partial charge in [0.15, 0.2) is 0 Å². The maximum absolute atomic E-state index is 12.3. The number of nitro benzene ring substituents is 1. The Balaban J connectivity index is 2.34. The third-order valence-electron chi connectivity index (χ3n) is 2.95. The van der Waals surface area contributed by atoms with E-state index < -0.39 is 14.9 Å². The molecule has 0 unspecified atom stereocenters. The van der Waals surface area contributed by atoms with Crippen molar-refractivity contribution < 1.29 is 13.3 Å². The predicted octanol–water partition coefficient (Wildman–Crippen LogP) is 1.75. The molecule has 1 aromatic carbocycles. The summed E-state index contributed by atoms with van der Waals surface area (Å²) in [4.78, 5) is 9.98. The number of sulfonamides is 1. The van der Waals surface area contributed by atoms with Crippen molar-refractivity contribution >= 4 is 21.9 Å². The Morgan fingerprint density at radius 3 is 2.58 bits per heavy atom. The number of benzene rings is 1. The van der Waals surface area contributed by atoms with Crippen molar-refractivity contribution in [2.45, 2.75) is 30.7 Å². The first-order chi connectivity index (χ1) is 8.96. The first-order valence-corrected chi connectivity index (χ1v) is 7.22. The van der Waals surface area contributed by atoms with Crippen molar-refractivity contribution in [3.63, 3.8) is 0 Å². The Bertz CT molecular complexity index is 609. The number of non-ortho nitro benzene ring substituents is 1. The number of hydrazone groups is 1. The second-order valence-corrected chi connectivity index (χ2v) is 5.92.